The lowest BCUT2D eigenvalue weighted by molar-refractivity contribution is 0.585. The fourth-order valence-electron chi connectivity index (χ4n) is 2.32. The average molecular weight is 259 g/mol. The molecule has 0 aliphatic carbocycles. The van der Waals surface area contributed by atoms with E-state index in [1.165, 1.54) is 16.0 Å². The number of hydrogen-bond acceptors (Lipinski definition) is 3. The second-order valence-corrected chi connectivity index (χ2v) is 5.69. The molecule has 1 aromatic carbocycles. The minimum Gasteiger partial charge on any atom is -0.309 e. The highest BCUT2D eigenvalue weighted by atomic mass is 32.2. The van der Waals surface area contributed by atoms with Gasteiger partial charge in [-0.05, 0) is 30.2 Å². The van der Waals surface area contributed by atoms with E-state index in [4.69, 9.17) is 0 Å². The van der Waals surface area contributed by atoms with E-state index < -0.39 is 0 Å². The number of aromatic nitrogens is 2. The Morgan fingerprint density at radius 1 is 1.44 bits per heavy atom. The Hall–Kier alpha value is -1.26. The Labute approximate surface area is 112 Å². The molecular formula is C14H17N3S. The van der Waals surface area contributed by atoms with Crippen molar-refractivity contribution in [1.29, 1.82) is 0 Å². The lowest BCUT2D eigenvalue weighted by atomic mass is 10.1. The number of nitrogens with one attached hydrogen (secondary N) is 1. The maximum absolute atomic E-state index is 4.19. The zero-order chi connectivity index (χ0) is 12.4. The summed E-state index contributed by atoms with van der Waals surface area (Å²) in [7, 11) is 1.96. The summed E-state index contributed by atoms with van der Waals surface area (Å²) in [6, 6.07) is 9.19. The van der Waals surface area contributed by atoms with Gasteiger partial charge in [-0.1, -0.05) is 18.2 Å². The predicted octanol–water partition coefficient (Wildman–Crippen LogP) is 2.40. The molecule has 1 aliphatic heterocycles. The van der Waals surface area contributed by atoms with Gasteiger partial charge >= 0.3 is 0 Å². The standard InChI is InChI=1S/C14H17N3S/c1-17-9-11(8-16-17)6-7-15-13-10-18-14-5-3-2-4-12(13)14/h2-5,8-9,13,15H,6-7,10H2,1H3. The van der Waals surface area contributed by atoms with Gasteiger partial charge in [-0.2, -0.15) is 5.10 Å². The van der Waals surface area contributed by atoms with Crippen molar-refractivity contribution >= 4 is 11.8 Å². The van der Waals surface area contributed by atoms with E-state index in [0.717, 1.165) is 18.7 Å². The Morgan fingerprint density at radius 3 is 3.17 bits per heavy atom. The van der Waals surface area contributed by atoms with Gasteiger partial charge in [-0.25, -0.2) is 0 Å². The van der Waals surface area contributed by atoms with E-state index in [2.05, 4.69) is 40.9 Å². The van der Waals surface area contributed by atoms with Crippen LogP contribution >= 0.6 is 11.8 Å². The highest BCUT2D eigenvalue weighted by Gasteiger charge is 2.21. The predicted molar refractivity (Wildman–Crippen MR) is 74.8 cm³/mol. The van der Waals surface area contributed by atoms with Gasteiger partial charge in [0, 0.05) is 29.9 Å². The average Bonchev–Trinajstić information content (AvgIpc) is 2.97. The maximum atomic E-state index is 4.19. The molecule has 0 fully saturated rings. The van der Waals surface area contributed by atoms with Gasteiger partial charge in [0.05, 0.1) is 6.20 Å². The van der Waals surface area contributed by atoms with Gasteiger partial charge in [0.25, 0.3) is 0 Å². The molecule has 3 rings (SSSR count). The Kier molecular flexibility index (Phi) is 3.39. The van der Waals surface area contributed by atoms with Crippen molar-refractivity contribution in [1.82, 2.24) is 15.1 Å². The van der Waals surface area contributed by atoms with E-state index in [1.807, 2.05) is 29.7 Å². The second-order valence-electron chi connectivity index (χ2n) is 4.63. The van der Waals surface area contributed by atoms with Crippen molar-refractivity contribution in [2.75, 3.05) is 12.3 Å². The van der Waals surface area contributed by atoms with Crippen LogP contribution < -0.4 is 5.32 Å². The van der Waals surface area contributed by atoms with Crippen molar-refractivity contribution in [2.45, 2.75) is 17.4 Å². The van der Waals surface area contributed by atoms with E-state index >= 15 is 0 Å². The number of thioether (sulfide) groups is 1. The first kappa shape index (κ1) is 11.8. The van der Waals surface area contributed by atoms with Crippen LogP contribution in [0.1, 0.15) is 17.2 Å². The summed E-state index contributed by atoms with van der Waals surface area (Å²) in [4.78, 5) is 1.43. The molecule has 1 atom stereocenters. The quantitative estimate of drug-likeness (QED) is 0.914. The van der Waals surface area contributed by atoms with Crippen LogP contribution in [-0.2, 0) is 13.5 Å². The molecule has 1 aromatic heterocycles. The van der Waals surface area contributed by atoms with Gasteiger partial charge in [0.2, 0.25) is 0 Å². The first-order chi connectivity index (χ1) is 8.83. The molecule has 94 valence electrons. The second kappa shape index (κ2) is 5.16. The first-order valence-corrected chi connectivity index (χ1v) is 7.24. The Balaban J connectivity index is 1.56. The van der Waals surface area contributed by atoms with Gasteiger partial charge in [-0.15, -0.1) is 11.8 Å². The lowest BCUT2D eigenvalue weighted by Gasteiger charge is -2.12. The van der Waals surface area contributed by atoms with Crippen LogP contribution in [-0.4, -0.2) is 22.1 Å². The monoisotopic (exact) mass is 259 g/mol. The molecule has 18 heavy (non-hydrogen) atoms. The maximum Gasteiger partial charge on any atom is 0.0522 e. The molecule has 0 amide bonds. The normalized spacial score (nSPS) is 17.9. The first-order valence-electron chi connectivity index (χ1n) is 6.25. The van der Waals surface area contributed by atoms with Crippen molar-refractivity contribution in [3.05, 3.63) is 47.8 Å². The van der Waals surface area contributed by atoms with Crippen molar-refractivity contribution in [3.63, 3.8) is 0 Å². The van der Waals surface area contributed by atoms with Crippen molar-refractivity contribution in [2.24, 2.45) is 7.05 Å². The Bertz CT molecular complexity index is 535. The molecule has 1 aliphatic rings. The smallest absolute Gasteiger partial charge is 0.0522 e. The van der Waals surface area contributed by atoms with E-state index in [9.17, 15) is 0 Å². The van der Waals surface area contributed by atoms with Crippen molar-refractivity contribution in [3.8, 4) is 0 Å². The largest absolute Gasteiger partial charge is 0.309 e. The van der Waals surface area contributed by atoms with Crippen LogP contribution in [0.25, 0.3) is 0 Å². The van der Waals surface area contributed by atoms with Gasteiger partial charge < -0.3 is 5.32 Å². The molecule has 1 N–H and O–H groups in total. The number of fused-ring (bicyclic) bond motifs is 1. The molecule has 4 heteroatoms. The SMILES string of the molecule is Cn1cc(CCNC2CSc3ccccc32)cn1. The minimum absolute atomic E-state index is 0.503. The summed E-state index contributed by atoms with van der Waals surface area (Å²) in [6.07, 6.45) is 5.06. The highest BCUT2D eigenvalue weighted by Crippen LogP contribution is 2.37. The molecule has 0 saturated carbocycles. The topological polar surface area (TPSA) is 29.9 Å². The third kappa shape index (κ3) is 2.44. The van der Waals surface area contributed by atoms with Crippen LogP contribution in [0.15, 0.2) is 41.6 Å². The van der Waals surface area contributed by atoms with E-state index in [0.29, 0.717) is 6.04 Å². The third-order valence-corrected chi connectivity index (χ3v) is 4.45. The molecule has 2 heterocycles. The van der Waals surface area contributed by atoms with Crippen LogP contribution in [0.3, 0.4) is 0 Å². The van der Waals surface area contributed by atoms with Crippen LogP contribution in [0.4, 0.5) is 0 Å². The molecule has 0 saturated heterocycles. The summed E-state index contributed by atoms with van der Waals surface area (Å²) < 4.78 is 1.86. The fraction of sp³-hybridized carbons (Fsp3) is 0.357. The fourth-order valence-corrected chi connectivity index (χ4v) is 3.52. The van der Waals surface area contributed by atoms with Crippen LogP contribution in [0.5, 0.6) is 0 Å². The van der Waals surface area contributed by atoms with Gasteiger partial charge in [0.15, 0.2) is 0 Å². The molecule has 2 aromatic rings. The van der Waals surface area contributed by atoms with Crippen LogP contribution in [0, 0.1) is 0 Å². The minimum atomic E-state index is 0.503. The molecule has 0 bridgehead atoms. The molecule has 0 spiro atoms. The highest BCUT2D eigenvalue weighted by molar-refractivity contribution is 7.99. The lowest BCUT2D eigenvalue weighted by Crippen LogP contribution is -2.23. The Morgan fingerprint density at radius 2 is 2.33 bits per heavy atom. The summed E-state index contributed by atoms with van der Waals surface area (Å²) >= 11 is 1.95. The summed E-state index contributed by atoms with van der Waals surface area (Å²) in [5.74, 6) is 1.15. The molecular weight excluding hydrogens is 242 g/mol. The zero-order valence-corrected chi connectivity index (χ0v) is 11.3. The molecule has 0 radical (unpaired) electrons. The van der Waals surface area contributed by atoms with Crippen LogP contribution in [0.2, 0.25) is 0 Å². The number of hydrogen-bond donors (Lipinski definition) is 1. The number of nitrogens with zero attached hydrogens (tertiary/aromatic N) is 2. The zero-order valence-electron chi connectivity index (χ0n) is 10.5. The molecule has 1 unspecified atom stereocenters. The summed E-state index contributed by atoms with van der Waals surface area (Å²) in [5, 5.41) is 7.83. The molecule has 3 nitrogen and oxygen atoms in total. The number of rotatable bonds is 4. The van der Waals surface area contributed by atoms with Crippen molar-refractivity contribution < 1.29 is 0 Å². The van der Waals surface area contributed by atoms with E-state index in [1.54, 1.807) is 0 Å². The third-order valence-electron chi connectivity index (χ3n) is 3.26. The number of aryl methyl sites for hydroxylation is 1. The van der Waals surface area contributed by atoms with Gasteiger partial charge in [0.1, 0.15) is 0 Å². The number of benzene rings is 1. The van der Waals surface area contributed by atoms with Gasteiger partial charge in [-0.3, -0.25) is 4.68 Å². The summed E-state index contributed by atoms with van der Waals surface area (Å²) in [6.45, 7) is 1.01. The summed E-state index contributed by atoms with van der Waals surface area (Å²) in [5.41, 5.74) is 2.75. The van der Waals surface area contributed by atoms with E-state index in [-0.39, 0.29) is 0 Å².